The van der Waals surface area contributed by atoms with E-state index in [4.69, 9.17) is 4.74 Å². The number of likely N-dealkylation sites (N-methyl/N-ethyl adjacent to an activating group) is 1. The van der Waals surface area contributed by atoms with Crippen molar-refractivity contribution < 1.29 is 9.84 Å². The fourth-order valence-corrected chi connectivity index (χ4v) is 4.22. The van der Waals surface area contributed by atoms with E-state index < -0.39 is 5.60 Å². The maximum absolute atomic E-state index is 11.3. The third-order valence-electron chi connectivity index (χ3n) is 5.73. The molecule has 0 fully saturated rings. The van der Waals surface area contributed by atoms with Crippen LogP contribution in [-0.2, 0) is 25.0 Å². The highest BCUT2D eigenvalue weighted by molar-refractivity contribution is 5.90. The first-order chi connectivity index (χ1) is 13.0. The SMILES string of the molecule is COc1cccc2c3c(n(CC(C)(O)c4ccncc4)c12)CCN(C)CC3. The van der Waals surface area contributed by atoms with E-state index in [-0.39, 0.29) is 0 Å². The van der Waals surface area contributed by atoms with E-state index >= 15 is 0 Å². The molecule has 3 heterocycles. The summed E-state index contributed by atoms with van der Waals surface area (Å²) >= 11 is 0. The molecule has 5 heteroatoms. The number of rotatable bonds is 4. The van der Waals surface area contributed by atoms with Gasteiger partial charge in [0.25, 0.3) is 0 Å². The van der Waals surface area contributed by atoms with Crippen LogP contribution in [0.4, 0.5) is 0 Å². The van der Waals surface area contributed by atoms with Gasteiger partial charge in [-0.25, -0.2) is 0 Å². The van der Waals surface area contributed by atoms with Crippen LogP contribution in [-0.4, -0.2) is 46.8 Å². The molecule has 27 heavy (non-hydrogen) atoms. The lowest BCUT2D eigenvalue weighted by Gasteiger charge is -2.27. The summed E-state index contributed by atoms with van der Waals surface area (Å²) in [5.41, 5.74) is 3.66. The number of hydrogen-bond acceptors (Lipinski definition) is 4. The summed E-state index contributed by atoms with van der Waals surface area (Å²) in [6.07, 6.45) is 5.44. The van der Waals surface area contributed by atoms with Gasteiger partial charge in [-0.15, -0.1) is 0 Å². The van der Waals surface area contributed by atoms with Crippen molar-refractivity contribution in [3.63, 3.8) is 0 Å². The third kappa shape index (κ3) is 3.22. The third-order valence-corrected chi connectivity index (χ3v) is 5.73. The highest BCUT2D eigenvalue weighted by Gasteiger charge is 2.29. The van der Waals surface area contributed by atoms with E-state index in [9.17, 15) is 5.11 Å². The van der Waals surface area contributed by atoms with Crippen LogP contribution in [0.3, 0.4) is 0 Å². The zero-order valence-corrected chi connectivity index (χ0v) is 16.3. The van der Waals surface area contributed by atoms with Crippen LogP contribution in [0.25, 0.3) is 10.9 Å². The molecule has 1 N–H and O–H groups in total. The minimum Gasteiger partial charge on any atom is -0.495 e. The highest BCUT2D eigenvalue weighted by atomic mass is 16.5. The fourth-order valence-electron chi connectivity index (χ4n) is 4.22. The normalized spacial score (nSPS) is 17.3. The molecule has 1 atom stereocenters. The Morgan fingerprint density at radius 1 is 1.15 bits per heavy atom. The van der Waals surface area contributed by atoms with Crippen LogP contribution >= 0.6 is 0 Å². The maximum Gasteiger partial charge on any atom is 0.143 e. The predicted molar refractivity (Wildman–Crippen MR) is 107 cm³/mol. The summed E-state index contributed by atoms with van der Waals surface area (Å²) in [5.74, 6) is 0.861. The summed E-state index contributed by atoms with van der Waals surface area (Å²) in [6.45, 7) is 4.42. The van der Waals surface area contributed by atoms with Crippen molar-refractivity contribution in [2.75, 3.05) is 27.2 Å². The average molecular weight is 365 g/mol. The van der Waals surface area contributed by atoms with Crippen LogP contribution in [0.2, 0.25) is 0 Å². The molecular formula is C22H27N3O2. The molecule has 5 nitrogen and oxygen atoms in total. The fraction of sp³-hybridized carbons (Fsp3) is 0.409. The molecule has 0 amide bonds. The highest BCUT2D eigenvalue weighted by Crippen LogP contribution is 2.37. The number of benzene rings is 1. The van der Waals surface area contributed by atoms with Gasteiger partial charge in [0.1, 0.15) is 11.4 Å². The van der Waals surface area contributed by atoms with Crippen molar-refractivity contribution in [3.05, 3.63) is 59.5 Å². The van der Waals surface area contributed by atoms with Crippen LogP contribution < -0.4 is 4.74 Å². The topological polar surface area (TPSA) is 50.5 Å². The van der Waals surface area contributed by atoms with Crippen LogP contribution in [0, 0.1) is 0 Å². The Bertz CT molecular complexity index is 947. The minimum atomic E-state index is -0.998. The molecule has 0 bridgehead atoms. The van der Waals surface area contributed by atoms with Gasteiger partial charge in [0.15, 0.2) is 0 Å². The Morgan fingerprint density at radius 3 is 2.63 bits per heavy atom. The molecule has 3 aromatic rings. The first-order valence-corrected chi connectivity index (χ1v) is 9.49. The zero-order chi connectivity index (χ0) is 19.0. The molecule has 1 aromatic carbocycles. The van der Waals surface area contributed by atoms with Gasteiger partial charge in [-0.1, -0.05) is 12.1 Å². The van der Waals surface area contributed by atoms with Crippen LogP contribution in [0.15, 0.2) is 42.7 Å². The van der Waals surface area contributed by atoms with Crippen molar-refractivity contribution in [3.8, 4) is 5.75 Å². The Morgan fingerprint density at radius 2 is 1.89 bits per heavy atom. The Kier molecular flexibility index (Phi) is 4.66. The summed E-state index contributed by atoms with van der Waals surface area (Å²) in [4.78, 5) is 6.45. The Balaban J connectivity index is 1.89. The monoisotopic (exact) mass is 365 g/mol. The van der Waals surface area contributed by atoms with Crippen molar-refractivity contribution in [2.45, 2.75) is 31.9 Å². The van der Waals surface area contributed by atoms with Crippen molar-refractivity contribution in [1.29, 1.82) is 0 Å². The molecule has 0 saturated carbocycles. The summed E-state index contributed by atoms with van der Waals surface area (Å²) in [5, 5.41) is 12.5. The van der Waals surface area contributed by atoms with Gasteiger partial charge in [0, 0.05) is 43.0 Å². The quantitative estimate of drug-likeness (QED) is 0.772. The van der Waals surface area contributed by atoms with Gasteiger partial charge in [-0.2, -0.15) is 0 Å². The summed E-state index contributed by atoms with van der Waals surface area (Å²) in [6, 6.07) is 10.0. The van der Waals surface area contributed by atoms with Gasteiger partial charge in [-0.05, 0) is 49.7 Å². The lowest BCUT2D eigenvalue weighted by atomic mass is 9.97. The molecule has 0 aliphatic carbocycles. The van der Waals surface area contributed by atoms with Gasteiger partial charge in [-0.3, -0.25) is 4.98 Å². The summed E-state index contributed by atoms with van der Waals surface area (Å²) < 4.78 is 7.98. The average Bonchev–Trinajstić information content (AvgIpc) is 2.83. The number of nitrogens with zero attached hydrogens (tertiary/aromatic N) is 3. The standard InChI is InChI=1S/C22H27N3O2/c1-22(26,16-7-11-23-12-8-16)15-25-19-10-14-24(2)13-9-17(19)18-5-4-6-20(27-3)21(18)25/h4-8,11-12,26H,9-10,13-15H2,1-3H3. The van der Waals surface area contributed by atoms with Crippen molar-refractivity contribution in [1.82, 2.24) is 14.5 Å². The number of para-hydroxylation sites is 1. The number of methoxy groups -OCH3 is 1. The van der Waals surface area contributed by atoms with E-state index in [1.54, 1.807) is 19.5 Å². The second kappa shape index (κ2) is 6.98. The molecule has 0 radical (unpaired) electrons. The van der Waals surface area contributed by atoms with E-state index in [1.807, 2.05) is 25.1 Å². The van der Waals surface area contributed by atoms with Crippen LogP contribution in [0.5, 0.6) is 5.75 Å². The van der Waals surface area contributed by atoms with Gasteiger partial charge >= 0.3 is 0 Å². The number of pyridine rings is 1. The second-order valence-electron chi connectivity index (χ2n) is 7.68. The van der Waals surface area contributed by atoms with E-state index in [1.165, 1.54) is 16.6 Å². The van der Waals surface area contributed by atoms with Gasteiger partial charge in [0.05, 0.1) is 19.2 Å². The number of hydrogen-bond donors (Lipinski definition) is 1. The predicted octanol–water partition coefficient (Wildman–Crippen LogP) is 2.98. The molecule has 1 unspecified atom stereocenters. The first-order valence-electron chi connectivity index (χ1n) is 9.49. The van der Waals surface area contributed by atoms with Crippen LogP contribution in [0.1, 0.15) is 23.7 Å². The first kappa shape index (κ1) is 18.0. The molecule has 0 saturated heterocycles. The lowest BCUT2D eigenvalue weighted by Crippen LogP contribution is -2.29. The Labute approximate surface area is 160 Å². The second-order valence-corrected chi connectivity index (χ2v) is 7.68. The van der Waals surface area contributed by atoms with Crippen molar-refractivity contribution in [2.24, 2.45) is 0 Å². The number of ether oxygens (including phenoxy) is 1. The maximum atomic E-state index is 11.3. The molecule has 2 aromatic heterocycles. The Hall–Kier alpha value is -2.37. The molecule has 1 aliphatic heterocycles. The minimum absolute atomic E-state index is 0.479. The molecule has 0 spiro atoms. The largest absolute Gasteiger partial charge is 0.495 e. The molecule has 1 aliphatic rings. The lowest BCUT2D eigenvalue weighted by molar-refractivity contribution is 0.0386. The summed E-state index contributed by atoms with van der Waals surface area (Å²) in [7, 11) is 3.89. The number of fused-ring (bicyclic) bond motifs is 3. The van der Waals surface area contributed by atoms with Crippen molar-refractivity contribution >= 4 is 10.9 Å². The van der Waals surface area contributed by atoms with E-state index in [2.05, 4.69) is 33.6 Å². The number of aromatic nitrogens is 2. The molecule has 4 rings (SSSR count). The number of aliphatic hydroxyl groups is 1. The van der Waals surface area contributed by atoms with E-state index in [0.717, 1.165) is 42.8 Å². The molecular weight excluding hydrogens is 338 g/mol. The molecule has 142 valence electrons. The van der Waals surface area contributed by atoms with Gasteiger partial charge < -0.3 is 19.3 Å². The zero-order valence-electron chi connectivity index (χ0n) is 16.3. The van der Waals surface area contributed by atoms with E-state index in [0.29, 0.717) is 6.54 Å². The van der Waals surface area contributed by atoms with Gasteiger partial charge in [0.2, 0.25) is 0 Å². The smallest absolute Gasteiger partial charge is 0.143 e.